The Bertz CT molecular complexity index is 562. The standard InChI is InChI=1S/C15H19N3/c1-5-16-15-17-9-12(4)14(18-15)13-8-10(2)6-7-11(13)3/h6-9H,5H2,1-4H3,(H,16,17,18). The van der Waals surface area contributed by atoms with E-state index < -0.39 is 0 Å². The van der Waals surface area contributed by atoms with Gasteiger partial charge in [0.2, 0.25) is 5.95 Å². The van der Waals surface area contributed by atoms with Crippen molar-refractivity contribution < 1.29 is 0 Å². The van der Waals surface area contributed by atoms with Gasteiger partial charge < -0.3 is 5.32 Å². The van der Waals surface area contributed by atoms with Crippen LogP contribution in [0.1, 0.15) is 23.6 Å². The molecule has 0 amide bonds. The number of aryl methyl sites for hydroxylation is 3. The molecule has 0 unspecified atom stereocenters. The van der Waals surface area contributed by atoms with Crippen LogP contribution in [0.4, 0.5) is 5.95 Å². The Kier molecular flexibility index (Phi) is 3.60. The second kappa shape index (κ2) is 5.17. The molecule has 0 aliphatic heterocycles. The van der Waals surface area contributed by atoms with Gasteiger partial charge in [-0.2, -0.15) is 0 Å². The summed E-state index contributed by atoms with van der Waals surface area (Å²) in [7, 11) is 0. The maximum atomic E-state index is 4.61. The first kappa shape index (κ1) is 12.6. The average Bonchev–Trinajstić information content (AvgIpc) is 2.35. The summed E-state index contributed by atoms with van der Waals surface area (Å²) in [5.41, 5.74) is 5.80. The van der Waals surface area contributed by atoms with Crippen molar-refractivity contribution in [3.8, 4) is 11.3 Å². The van der Waals surface area contributed by atoms with Gasteiger partial charge in [-0.25, -0.2) is 9.97 Å². The lowest BCUT2D eigenvalue weighted by molar-refractivity contribution is 1.07. The van der Waals surface area contributed by atoms with E-state index in [1.54, 1.807) is 0 Å². The van der Waals surface area contributed by atoms with Crippen molar-refractivity contribution in [3.05, 3.63) is 41.1 Å². The zero-order valence-corrected chi connectivity index (χ0v) is 11.4. The molecule has 0 saturated carbocycles. The van der Waals surface area contributed by atoms with Gasteiger partial charge in [-0.1, -0.05) is 17.7 Å². The van der Waals surface area contributed by atoms with Crippen molar-refractivity contribution >= 4 is 5.95 Å². The predicted octanol–water partition coefficient (Wildman–Crippen LogP) is 3.50. The van der Waals surface area contributed by atoms with Crippen LogP contribution in [-0.2, 0) is 0 Å². The summed E-state index contributed by atoms with van der Waals surface area (Å²) in [6, 6.07) is 6.44. The lowest BCUT2D eigenvalue weighted by Crippen LogP contribution is -2.04. The van der Waals surface area contributed by atoms with Crippen LogP contribution in [-0.4, -0.2) is 16.5 Å². The van der Waals surface area contributed by atoms with Gasteiger partial charge in [-0.05, 0) is 44.9 Å². The molecule has 1 N–H and O–H groups in total. The van der Waals surface area contributed by atoms with Crippen LogP contribution in [0.2, 0.25) is 0 Å². The molecular weight excluding hydrogens is 222 g/mol. The molecule has 94 valence electrons. The van der Waals surface area contributed by atoms with Gasteiger partial charge in [-0.3, -0.25) is 0 Å². The Morgan fingerprint density at radius 3 is 2.61 bits per heavy atom. The molecular formula is C15H19N3. The van der Waals surface area contributed by atoms with E-state index in [9.17, 15) is 0 Å². The molecule has 0 atom stereocenters. The summed E-state index contributed by atoms with van der Waals surface area (Å²) in [5, 5.41) is 3.16. The van der Waals surface area contributed by atoms with Gasteiger partial charge in [0, 0.05) is 18.3 Å². The van der Waals surface area contributed by atoms with Crippen molar-refractivity contribution in [3.63, 3.8) is 0 Å². The van der Waals surface area contributed by atoms with Gasteiger partial charge in [0.25, 0.3) is 0 Å². The maximum Gasteiger partial charge on any atom is 0.223 e. The number of hydrogen-bond donors (Lipinski definition) is 1. The maximum absolute atomic E-state index is 4.61. The second-order valence-corrected chi connectivity index (χ2v) is 4.57. The predicted molar refractivity (Wildman–Crippen MR) is 75.8 cm³/mol. The van der Waals surface area contributed by atoms with Crippen LogP contribution in [0.3, 0.4) is 0 Å². The van der Waals surface area contributed by atoms with Gasteiger partial charge in [0.05, 0.1) is 5.69 Å². The average molecular weight is 241 g/mol. The third-order valence-electron chi connectivity index (χ3n) is 2.95. The van der Waals surface area contributed by atoms with E-state index in [0.717, 1.165) is 17.8 Å². The Morgan fingerprint density at radius 1 is 1.11 bits per heavy atom. The summed E-state index contributed by atoms with van der Waals surface area (Å²) in [6.07, 6.45) is 1.88. The normalized spacial score (nSPS) is 10.4. The smallest absolute Gasteiger partial charge is 0.223 e. The number of nitrogens with zero attached hydrogens (tertiary/aromatic N) is 2. The molecule has 0 bridgehead atoms. The number of nitrogens with one attached hydrogen (secondary N) is 1. The molecule has 3 heteroatoms. The molecule has 0 spiro atoms. The van der Waals surface area contributed by atoms with E-state index in [1.807, 2.05) is 20.0 Å². The number of aromatic nitrogens is 2. The van der Waals surface area contributed by atoms with Crippen molar-refractivity contribution in [2.24, 2.45) is 0 Å². The second-order valence-electron chi connectivity index (χ2n) is 4.57. The highest BCUT2D eigenvalue weighted by atomic mass is 15.1. The van der Waals surface area contributed by atoms with Gasteiger partial charge in [0.15, 0.2) is 0 Å². The summed E-state index contributed by atoms with van der Waals surface area (Å²) < 4.78 is 0. The summed E-state index contributed by atoms with van der Waals surface area (Å²) in [4.78, 5) is 8.90. The van der Waals surface area contributed by atoms with Gasteiger partial charge >= 0.3 is 0 Å². The van der Waals surface area contributed by atoms with E-state index >= 15 is 0 Å². The lowest BCUT2D eigenvalue weighted by atomic mass is 10.0. The highest BCUT2D eigenvalue weighted by molar-refractivity contribution is 5.68. The summed E-state index contributed by atoms with van der Waals surface area (Å²) in [6.45, 7) is 9.14. The lowest BCUT2D eigenvalue weighted by Gasteiger charge is -2.11. The molecule has 0 aliphatic rings. The molecule has 0 fully saturated rings. The molecule has 1 heterocycles. The molecule has 3 nitrogen and oxygen atoms in total. The van der Waals surface area contributed by atoms with Crippen molar-refractivity contribution in [1.29, 1.82) is 0 Å². The minimum Gasteiger partial charge on any atom is -0.354 e. The quantitative estimate of drug-likeness (QED) is 0.893. The number of rotatable bonds is 3. The third-order valence-corrected chi connectivity index (χ3v) is 2.95. The summed E-state index contributed by atoms with van der Waals surface area (Å²) in [5.74, 6) is 0.694. The number of anilines is 1. The Labute approximate surface area is 108 Å². The van der Waals surface area contributed by atoms with Crippen LogP contribution in [0, 0.1) is 20.8 Å². The Balaban J connectivity index is 2.55. The van der Waals surface area contributed by atoms with Crippen LogP contribution >= 0.6 is 0 Å². The molecule has 0 radical (unpaired) electrons. The largest absolute Gasteiger partial charge is 0.354 e. The highest BCUT2D eigenvalue weighted by Gasteiger charge is 2.09. The summed E-state index contributed by atoms with van der Waals surface area (Å²) >= 11 is 0. The molecule has 2 rings (SSSR count). The molecule has 1 aromatic carbocycles. The fourth-order valence-electron chi connectivity index (χ4n) is 1.95. The first-order chi connectivity index (χ1) is 8.61. The van der Waals surface area contributed by atoms with E-state index in [4.69, 9.17) is 0 Å². The van der Waals surface area contributed by atoms with E-state index in [2.05, 4.69) is 47.3 Å². The Morgan fingerprint density at radius 2 is 1.89 bits per heavy atom. The SMILES string of the molecule is CCNc1ncc(C)c(-c2cc(C)ccc2C)n1. The van der Waals surface area contributed by atoms with Crippen molar-refractivity contribution in [2.45, 2.75) is 27.7 Å². The fraction of sp³-hybridized carbons (Fsp3) is 0.333. The monoisotopic (exact) mass is 241 g/mol. The topological polar surface area (TPSA) is 37.8 Å². The van der Waals surface area contributed by atoms with Crippen LogP contribution < -0.4 is 5.32 Å². The zero-order chi connectivity index (χ0) is 13.1. The molecule has 2 aromatic rings. The van der Waals surface area contributed by atoms with E-state index in [-0.39, 0.29) is 0 Å². The van der Waals surface area contributed by atoms with Gasteiger partial charge in [0.1, 0.15) is 0 Å². The van der Waals surface area contributed by atoms with E-state index in [0.29, 0.717) is 5.95 Å². The van der Waals surface area contributed by atoms with Crippen molar-refractivity contribution in [1.82, 2.24) is 9.97 Å². The third kappa shape index (κ3) is 2.50. The van der Waals surface area contributed by atoms with Crippen LogP contribution in [0.25, 0.3) is 11.3 Å². The minimum atomic E-state index is 0.694. The zero-order valence-electron chi connectivity index (χ0n) is 11.4. The van der Waals surface area contributed by atoms with Gasteiger partial charge in [-0.15, -0.1) is 0 Å². The number of hydrogen-bond acceptors (Lipinski definition) is 3. The Hall–Kier alpha value is -1.90. The van der Waals surface area contributed by atoms with Crippen LogP contribution in [0.5, 0.6) is 0 Å². The van der Waals surface area contributed by atoms with E-state index in [1.165, 1.54) is 16.7 Å². The first-order valence-corrected chi connectivity index (χ1v) is 6.27. The molecule has 0 saturated heterocycles. The minimum absolute atomic E-state index is 0.694. The molecule has 1 aromatic heterocycles. The molecule has 18 heavy (non-hydrogen) atoms. The van der Waals surface area contributed by atoms with Crippen molar-refractivity contribution in [2.75, 3.05) is 11.9 Å². The fourth-order valence-corrected chi connectivity index (χ4v) is 1.95. The number of benzene rings is 1. The van der Waals surface area contributed by atoms with Crippen LogP contribution in [0.15, 0.2) is 24.4 Å². The first-order valence-electron chi connectivity index (χ1n) is 6.27. The highest BCUT2D eigenvalue weighted by Crippen LogP contribution is 2.26. The molecule has 0 aliphatic carbocycles.